The van der Waals surface area contributed by atoms with E-state index in [1.165, 1.54) is 12.1 Å². The fourth-order valence-electron chi connectivity index (χ4n) is 3.66. The molecule has 0 spiro atoms. The van der Waals surface area contributed by atoms with Crippen LogP contribution in [0.25, 0.3) is 5.70 Å². The lowest BCUT2D eigenvalue weighted by Gasteiger charge is -2.26. The van der Waals surface area contributed by atoms with Gasteiger partial charge in [0.1, 0.15) is 5.75 Å². The van der Waals surface area contributed by atoms with Crippen molar-refractivity contribution in [2.75, 3.05) is 27.2 Å². The van der Waals surface area contributed by atoms with Gasteiger partial charge in [0.2, 0.25) is 0 Å². The van der Waals surface area contributed by atoms with E-state index >= 15 is 0 Å². The Morgan fingerprint density at radius 3 is 2.52 bits per heavy atom. The second-order valence-electron chi connectivity index (χ2n) is 7.64. The molecule has 0 amide bonds. The highest BCUT2D eigenvalue weighted by atomic mass is 19.4. The zero-order chi connectivity index (χ0) is 20.6. The maximum atomic E-state index is 12.9. The number of halogens is 3. The Bertz CT molecular complexity index is 922. The number of alkyl halides is 3. The average Bonchev–Trinajstić information content (AvgIpc) is 3.41. The molecule has 0 saturated heterocycles. The number of para-hydroxylation sites is 1. The van der Waals surface area contributed by atoms with Crippen LogP contribution >= 0.6 is 0 Å². The van der Waals surface area contributed by atoms with Crippen molar-refractivity contribution in [1.82, 2.24) is 10.4 Å². The van der Waals surface area contributed by atoms with E-state index in [0.29, 0.717) is 24.3 Å². The van der Waals surface area contributed by atoms with E-state index in [9.17, 15) is 13.2 Å². The van der Waals surface area contributed by atoms with E-state index in [-0.39, 0.29) is 0 Å². The Morgan fingerprint density at radius 1 is 1.10 bits per heavy atom. The monoisotopic (exact) mass is 404 g/mol. The first-order valence-corrected chi connectivity index (χ1v) is 9.53. The van der Waals surface area contributed by atoms with Gasteiger partial charge < -0.3 is 9.64 Å². The molecule has 29 heavy (non-hydrogen) atoms. The van der Waals surface area contributed by atoms with Crippen LogP contribution in [0.4, 0.5) is 13.2 Å². The van der Waals surface area contributed by atoms with Crippen LogP contribution in [0.5, 0.6) is 5.75 Å². The minimum Gasteiger partial charge on any atom is -0.477 e. The summed E-state index contributed by atoms with van der Waals surface area (Å²) < 4.78 is 45.0. The lowest BCUT2D eigenvalue weighted by molar-refractivity contribution is -0.137. The van der Waals surface area contributed by atoms with Crippen molar-refractivity contribution in [2.24, 2.45) is 0 Å². The Balaban J connectivity index is 1.58. The van der Waals surface area contributed by atoms with Crippen molar-refractivity contribution in [3.63, 3.8) is 0 Å². The Morgan fingerprint density at radius 2 is 1.83 bits per heavy atom. The molecule has 7 heteroatoms. The molecule has 1 fully saturated rings. The quantitative estimate of drug-likeness (QED) is 0.541. The van der Waals surface area contributed by atoms with E-state index < -0.39 is 17.3 Å². The van der Waals surface area contributed by atoms with Crippen molar-refractivity contribution in [2.45, 2.75) is 24.6 Å². The number of rotatable bonds is 7. The summed E-state index contributed by atoms with van der Waals surface area (Å²) in [6.07, 6.45) is -2.87. The number of nitrogens with one attached hydrogen (secondary N) is 1. The van der Waals surface area contributed by atoms with Crippen LogP contribution in [-0.4, -0.2) is 32.1 Å². The van der Waals surface area contributed by atoms with E-state index in [2.05, 4.69) is 10.4 Å². The van der Waals surface area contributed by atoms with Gasteiger partial charge in [0.15, 0.2) is 5.60 Å². The SMILES string of the molecule is CN(C)CCCONC1=C2CC2(c2ccc(C(F)(F)F)cc2)Oc2ccccc21. The summed E-state index contributed by atoms with van der Waals surface area (Å²) in [7, 11) is 4.02. The van der Waals surface area contributed by atoms with Crippen LogP contribution in [0, 0.1) is 0 Å². The fourth-order valence-corrected chi connectivity index (χ4v) is 3.66. The largest absolute Gasteiger partial charge is 0.477 e. The number of hydrogen-bond acceptors (Lipinski definition) is 4. The van der Waals surface area contributed by atoms with Gasteiger partial charge in [-0.25, -0.2) is 0 Å². The Labute approximate surface area is 167 Å². The Kier molecular flexibility index (Phi) is 5.04. The molecule has 1 saturated carbocycles. The van der Waals surface area contributed by atoms with Crippen molar-refractivity contribution >= 4 is 5.70 Å². The molecule has 1 aliphatic carbocycles. The highest BCUT2D eigenvalue weighted by molar-refractivity contribution is 5.80. The number of hydroxylamine groups is 1. The topological polar surface area (TPSA) is 33.7 Å². The highest BCUT2D eigenvalue weighted by Gasteiger charge is 2.58. The lowest BCUT2D eigenvalue weighted by Crippen LogP contribution is -2.25. The van der Waals surface area contributed by atoms with Gasteiger partial charge in [-0.2, -0.15) is 13.2 Å². The minimum absolute atomic E-state index is 0.547. The summed E-state index contributed by atoms with van der Waals surface area (Å²) in [5.41, 5.74) is 5.12. The third-order valence-electron chi connectivity index (χ3n) is 5.24. The van der Waals surface area contributed by atoms with Crippen molar-refractivity contribution in [3.8, 4) is 5.75 Å². The summed E-state index contributed by atoms with van der Waals surface area (Å²) >= 11 is 0. The van der Waals surface area contributed by atoms with Gasteiger partial charge in [-0.05, 0) is 51.3 Å². The van der Waals surface area contributed by atoms with Crippen LogP contribution in [-0.2, 0) is 16.6 Å². The zero-order valence-electron chi connectivity index (χ0n) is 16.3. The number of fused-ring (bicyclic) bond motifs is 2. The zero-order valence-corrected chi connectivity index (χ0v) is 16.3. The molecule has 1 unspecified atom stereocenters. The van der Waals surface area contributed by atoms with Crippen LogP contribution in [0.15, 0.2) is 54.1 Å². The molecule has 2 aliphatic rings. The van der Waals surface area contributed by atoms with Gasteiger partial charge in [-0.15, -0.1) is 0 Å². The number of hydrogen-bond donors (Lipinski definition) is 1. The molecular formula is C22H23F3N2O2. The molecule has 0 bridgehead atoms. The normalized spacial score (nSPS) is 20.2. The summed E-state index contributed by atoms with van der Waals surface area (Å²) in [5, 5.41) is 0. The molecule has 1 aliphatic heterocycles. The van der Waals surface area contributed by atoms with Crippen molar-refractivity contribution in [3.05, 3.63) is 70.8 Å². The maximum absolute atomic E-state index is 12.9. The average molecular weight is 404 g/mol. The lowest BCUT2D eigenvalue weighted by atomic mass is 10.00. The minimum atomic E-state index is -4.36. The van der Waals surface area contributed by atoms with Gasteiger partial charge >= 0.3 is 6.18 Å². The third-order valence-corrected chi connectivity index (χ3v) is 5.24. The summed E-state index contributed by atoms with van der Waals surface area (Å²) in [6, 6.07) is 12.8. The van der Waals surface area contributed by atoms with Crippen LogP contribution in [0.1, 0.15) is 29.5 Å². The summed E-state index contributed by atoms with van der Waals surface area (Å²) in [4.78, 5) is 7.77. The van der Waals surface area contributed by atoms with Crippen molar-refractivity contribution in [1.29, 1.82) is 0 Å². The molecule has 2 aromatic carbocycles. The summed E-state index contributed by atoms with van der Waals surface area (Å²) in [5.74, 6) is 0.688. The van der Waals surface area contributed by atoms with Gasteiger partial charge in [0, 0.05) is 23.1 Å². The number of benzene rings is 2. The number of nitrogens with zero attached hydrogens (tertiary/aromatic N) is 1. The first-order valence-electron chi connectivity index (χ1n) is 9.53. The highest BCUT2D eigenvalue weighted by Crippen LogP contribution is 2.61. The molecule has 154 valence electrons. The molecule has 2 aromatic rings. The van der Waals surface area contributed by atoms with E-state index in [1.54, 1.807) is 0 Å². The molecule has 1 atom stereocenters. The standard InChI is InChI=1S/C22H23F3N2O2/c1-27(2)12-5-13-28-26-20-17-6-3-4-7-19(17)29-21(14-18(20)21)15-8-10-16(11-9-15)22(23,24)25/h3-4,6-11,26H,5,12-14H2,1-2H3. The van der Waals surface area contributed by atoms with Gasteiger partial charge in [0.05, 0.1) is 17.9 Å². The third kappa shape index (κ3) is 3.84. The van der Waals surface area contributed by atoms with Crippen LogP contribution < -0.4 is 10.2 Å². The second kappa shape index (κ2) is 7.39. The summed E-state index contributed by atoms with van der Waals surface area (Å²) in [6.45, 7) is 1.47. The first kappa shape index (κ1) is 19.8. The van der Waals surface area contributed by atoms with Gasteiger partial charge in [0.25, 0.3) is 0 Å². The predicted molar refractivity (Wildman–Crippen MR) is 104 cm³/mol. The molecule has 4 nitrogen and oxygen atoms in total. The molecule has 1 heterocycles. The predicted octanol–water partition coefficient (Wildman–Crippen LogP) is 4.58. The van der Waals surface area contributed by atoms with Gasteiger partial charge in [-0.1, -0.05) is 24.3 Å². The first-order chi connectivity index (χ1) is 13.8. The Hall–Kier alpha value is -2.51. The van der Waals surface area contributed by atoms with E-state index in [1.807, 2.05) is 38.4 Å². The van der Waals surface area contributed by atoms with Crippen molar-refractivity contribution < 1.29 is 22.7 Å². The molecule has 1 N–H and O–H groups in total. The second-order valence-corrected chi connectivity index (χ2v) is 7.64. The van der Waals surface area contributed by atoms with Crippen LogP contribution in [0.3, 0.4) is 0 Å². The molecule has 4 rings (SSSR count). The number of ether oxygens (including phenoxy) is 1. The molecule has 0 radical (unpaired) electrons. The van der Waals surface area contributed by atoms with Crippen LogP contribution in [0.2, 0.25) is 0 Å². The fraction of sp³-hybridized carbons (Fsp3) is 0.364. The molecular weight excluding hydrogens is 381 g/mol. The van der Waals surface area contributed by atoms with E-state index in [0.717, 1.165) is 41.9 Å². The molecule has 0 aromatic heterocycles. The maximum Gasteiger partial charge on any atom is 0.416 e. The smallest absolute Gasteiger partial charge is 0.416 e. The van der Waals surface area contributed by atoms with Gasteiger partial charge in [-0.3, -0.25) is 10.3 Å². The van der Waals surface area contributed by atoms with E-state index in [4.69, 9.17) is 9.57 Å².